The standard InChI is InChI=1S/C28H32FN3O5/c1-36-24-13-22-23(14-25(24)37-2)31(15-18-5-9-20(29)10-6-18)28(35)32(27(22)34)16-17-3-7-19(8-4-17)26(33)30-21-11-12-21/h3-10,21-25H,11-16H2,1-2H3,(H,30,33). The Morgan fingerprint density at radius 3 is 2.14 bits per heavy atom. The number of fused-ring (bicyclic) bond motifs is 1. The molecule has 1 saturated heterocycles. The number of methoxy groups -OCH3 is 2. The topological polar surface area (TPSA) is 88.2 Å². The Morgan fingerprint density at radius 1 is 0.919 bits per heavy atom. The fraction of sp³-hybridized carbons (Fsp3) is 0.464. The van der Waals surface area contributed by atoms with E-state index in [0.717, 1.165) is 24.0 Å². The van der Waals surface area contributed by atoms with E-state index in [-0.39, 0.29) is 55.0 Å². The number of nitrogens with zero attached hydrogens (tertiary/aromatic N) is 2. The summed E-state index contributed by atoms with van der Waals surface area (Å²) in [7, 11) is 3.21. The van der Waals surface area contributed by atoms with Crippen LogP contribution in [0.2, 0.25) is 0 Å². The van der Waals surface area contributed by atoms with Crippen LogP contribution < -0.4 is 5.32 Å². The van der Waals surface area contributed by atoms with Crippen molar-refractivity contribution in [1.82, 2.24) is 15.1 Å². The maximum atomic E-state index is 13.7. The zero-order chi connectivity index (χ0) is 26.1. The van der Waals surface area contributed by atoms with E-state index in [1.54, 1.807) is 55.5 Å². The van der Waals surface area contributed by atoms with Gasteiger partial charge in [-0.15, -0.1) is 0 Å². The van der Waals surface area contributed by atoms with Gasteiger partial charge in [-0.3, -0.25) is 14.5 Å². The zero-order valence-electron chi connectivity index (χ0n) is 21.1. The predicted octanol–water partition coefficient (Wildman–Crippen LogP) is 3.49. The lowest BCUT2D eigenvalue weighted by molar-refractivity contribution is -0.152. The van der Waals surface area contributed by atoms with Crippen LogP contribution in [0.1, 0.15) is 47.2 Å². The number of urea groups is 1. The third-order valence-electron chi connectivity index (χ3n) is 7.64. The van der Waals surface area contributed by atoms with Crippen LogP contribution in [0.4, 0.5) is 9.18 Å². The number of imide groups is 1. The Balaban J connectivity index is 1.39. The number of rotatable bonds is 8. The second-order valence-electron chi connectivity index (χ2n) is 10.1. The molecule has 8 nitrogen and oxygen atoms in total. The van der Waals surface area contributed by atoms with Crippen LogP contribution >= 0.6 is 0 Å². The molecule has 5 rings (SSSR count). The van der Waals surface area contributed by atoms with Gasteiger partial charge in [0.2, 0.25) is 5.91 Å². The number of hydrogen-bond donors (Lipinski definition) is 1. The molecule has 3 aliphatic rings. The summed E-state index contributed by atoms with van der Waals surface area (Å²) in [5.74, 6) is -1.15. The van der Waals surface area contributed by atoms with E-state index in [2.05, 4.69) is 5.32 Å². The summed E-state index contributed by atoms with van der Waals surface area (Å²) in [6, 6.07) is 12.5. The molecular weight excluding hydrogens is 477 g/mol. The van der Waals surface area contributed by atoms with E-state index >= 15 is 0 Å². The molecule has 0 aromatic heterocycles. The van der Waals surface area contributed by atoms with Crippen molar-refractivity contribution < 1.29 is 28.2 Å². The number of amides is 4. The number of carbonyl (C=O) groups is 3. The fourth-order valence-corrected chi connectivity index (χ4v) is 5.37. The van der Waals surface area contributed by atoms with Gasteiger partial charge in [0.05, 0.1) is 24.7 Å². The molecule has 37 heavy (non-hydrogen) atoms. The van der Waals surface area contributed by atoms with Crippen molar-refractivity contribution in [2.75, 3.05) is 14.2 Å². The number of hydrogen-bond acceptors (Lipinski definition) is 5. The average Bonchev–Trinajstić information content (AvgIpc) is 3.73. The molecule has 2 aromatic carbocycles. The first kappa shape index (κ1) is 25.4. The van der Waals surface area contributed by atoms with Gasteiger partial charge in [-0.05, 0) is 61.1 Å². The van der Waals surface area contributed by atoms with E-state index in [1.165, 1.54) is 17.0 Å². The smallest absolute Gasteiger partial charge is 0.327 e. The van der Waals surface area contributed by atoms with Crippen molar-refractivity contribution in [1.29, 1.82) is 0 Å². The highest BCUT2D eigenvalue weighted by molar-refractivity contribution is 5.99. The molecule has 9 heteroatoms. The van der Waals surface area contributed by atoms with Crippen LogP contribution in [-0.2, 0) is 27.4 Å². The van der Waals surface area contributed by atoms with Gasteiger partial charge in [-0.2, -0.15) is 0 Å². The van der Waals surface area contributed by atoms with Gasteiger partial charge in [0.1, 0.15) is 5.82 Å². The monoisotopic (exact) mass is 509 g/mol. The van der Waals surface area contributed by atoms with E-state index in [0.29, 0.717) is 18.4 Å². The second kappa shape index (κ2) is 10.6. The summed E-state index contributed by atoms with van der Waals surface area (Å²) in [6.45, 7) is 0.342. The van der Waals surface area contributed by atoms with E-state index in [4.69, 9.17) is 9.47 Å². The molecule has 4 amide bonds. The summed E-state index contributed by atoms with van der Waals surface area (Å²) < 4.78 is 24.8. The first-order valence-corrected chi connectivity index (χ1v) is 12.7. The average molecular weight is 510 g/mol. The van der Waals surface area contributed by atoms with E-state index < -0.39 is 11.9 Å². The number of nitrogens with one attached hydrogen (secondary N) is 1. The van der Waals surface area contributed by atoms with Gasteiger partial charge in [-0.1, -0.05) is 24.3 Å². The summed E-state index contributed by atoms with van der Waals surface area (Å²) in [4.78, 5) is 42.7. The number of benzene rings is 2. The van der Waals surface area contributed by atoms with Crippen LogP contribution in [-0.4, -0.2) is 66.2 Å². The fourth-order valence-electron chi connectivity index (χ4n) is 5.37. The van der Waals surface area contributed by atoms with Crippen molar-refractivity contribution in [3.05, 3.63) is 71.0 Å². The quantitative estimate of drug-likeness (QED) is 0.589. The summed E-state index contributed by atoms with van der Waals surface area (Å²) in [6.07, 6.45) is 2.41. The zero-order valence-corrected chi connectivity index (χ0v) is 21.1. The molecule has 196 valence electrons. The Bertz CT molecular complexity index is 1150. The first-order chi connectivity index (χ1) is 17.9. The van der Waals surface area contributed by atoms with Gasteiger partial charge in [-0.25, -0.2) is 9.18 Å². The maximum Gasteiger partial charge on any atom is 0.327 e. The molecule has 0 spiro atoms. The van der Waals surface area contributed by atoms with Gasteiger partial charge in [0.25, 0.3) is 5.91 Å². The summed E-state index contributed by atoms with van der Waals surface area (Å²) in [5.41, 5.74) is 2.07. The second-order valence-corrected chi connectivity index (χ2v) is 10.1. The first-order valence-electron chi connectivity index (χ1n) is 12.7. The van der Waals surface area contributed by atoms with Crippen LogP contribution in [0.5, 0.6) is 0 Å². The molecule has 3 fully saturated rings. The molecule has 4 atom stereocenters. The summed E-state index contributed by atoms with van der Waals surface area (Å²) >= 11 is 0. The lowest BCUT2D eigenvalue weighted by atomic mass is 9.77. The Morgan fingerprint density at radius 2 is 1.51 bits per heavy atom. The molecular formula is C28H32FN3O5. The normalized spacial score (nSPS) is 25.7. The molecule has 2 aromatic rings. The summed E-state index contributed by atoms with van der Waals surface area (Å²) in [5, 5.41) is 2.96. The number of carbonyl (C=O) groups excluding carboxylic acids is 3. The third kappa shape index (κ3) is 5.38. The minimum atomic E-state index is -0.446. The Labute approximate surface area is 215 Å². The van der Waals surface area contributed by atoms with Gasteiger partial charge in [0.15, 0.2) is 0 Å². The van der Waals surface area contributed by atoms with Crippen molar-refractivity contribution >= 4 is 17.8 Å². The van der Waals surface area contributed by atoms with E-state index in [1.807, 2.05) is 0 Å². The Kier molecular flexibility index (Phi) is 7.26. The Hall–Kier alpha value is -3.30. The minimum absolute atomic E-state index is 0.0939. The lowest BCUT2D eigenvalue weighted by Crippen LogP contribution is -2.64. The number of halogens is 1. The molecule has 1 heterocycles. The van der Waals surface area contributed by atoms with Crippen LogP contribution in [0.15, 0.2) is 48.5 Å². The molecule has 0 radical (unpaired) electrons. The predicted molar refractivity (Wildman–Crippen MR) is 133 cm³/mol. The number of ether oxygens (including phenoxy) is 2. The van der Waals surface area contributed by atoms with Gasteiger partial charge >= 0.3 is 6.03 Å². The minimum Gasteiger partial charge on any atom is -0.379 e. The van der Waals surface area contributed by atoms with Crippen molar-refractivity contribution in [2.45, 2.75) is 63.1 Å². The highest BCUT2D eigenvalue weighted by Gasteiger charge is 2.51. The molecule has 1 N–H and O–H groups in total. The van der Waals surface area contributed by atoms with Crippen molar-refractivity contribution in [3.8, 4) is 0 Å². The maximum absolute atomic E-state index is 13.7. The van der Waals surface area contributed by atoms with Crippen LogP contribution in [0, 0.1) is 11.7 Å². The van der Waals surface area contributed by atoms with Crippen molar-refractivity contribution in [2.24, 2.45) is 5.92 Å². The molecule has 2 aliphatic carbocycles. The van der Waals surface area contributed by atoms with Crippen molar-refractivity contribution in [3.63, 3.8) is 0 Å². The van der Waals surface area contributed by atoms with Gasteiger partial charge < -0.3 is 19.7 Å². The molecule has 4 unspecified atom stereocenters. The SMILES string of the molecule is COC1CC2C(=O)N(Cc3ccc(C(=O)NC4CC4)cc3)C(=O)N(Cc3ccc(F)cc3)C2CC1OC. The lowest BCUT2D eigenvalue weighted by Gasteiger charge is -2.50. The highest BCUT2D eigenvalue weighted by atomic mass is 19.1. The largest absolute Gasteiger partial charge is 0.379 e. The van der Waals surface area contributed by atoms with Gasteiger partial charge in [0, 0.05) is 38.4 Å². The highest BCUT2D eigenvalue weighted by Crippen LogP contribution is 2.38. The van der Waals surface area contributed by atoms with Crippen LogP contribution in [0.25, 0.3) is 0 Å². The molecule has 0 bridgehead atoms. The van der Waals surface area contributed by atoms with E-state index in [9.17, 15) is 18.8 Å². The molecule has 2 saturated carbocycles. The van der Waals surface area contributed by atoms with Crippen LogP contribution in [0.3, 0.4) is 0 Å². The molecule has 1 aliphatic heterocycles. The third-order valence-corrected chi connectivity index (χ3v) is 7.64.